The van der Waals surface area contributed by atoms with Gasteiger partial charge >= 0.3 is 0 Å². The fraction of sp³-hybridized carbons (Fsp3) is 0.600. The summed E-state index contributed by atoms with van der Waals surface area (Å²) in [5, 5.41) is 13.1. The van der Waals surface area contributed by atoms with Gasteiger partial charge in [0, 0.05) is 51.1 Å². The van der Waals surface area contributed by atoms with Crippen LogP contribution in [-0.2, 0) is 16.0 Å². The number of nitrogens with one attached hydrogen (secondary N) is 1. The van der Waals surface area contributed by atoms with Crippen LogP contribution in [0.2, 0.25) is 5.02 Å². The molecule has 0 fully saturated rings. The first-order valence-corrected chi connectivity index (χ1v) is 7.43. The van der Waals surface area contributed by atoms with E-state index in [0.717, 1.165) is 29.4 Å². The number of hydrogen-bond donors (Lipinski definition) is 2. The van der Waals surface area contributed by atoms with Gasteiger partial charge in [0.25, 0.3) is 0 Å². The summed E-state index contributed by atoms with van der Waals surface area (Å²) in [6.07, 6.45) is 0. The highest BCUT2D eigenvalue weighted by Gasteiger charge is 2.08. The number of ether oxygens (including phenoxy) is 2. The third-order valence-corrected chi connectivity index (χ3v) is 3.49. The van der Waals surface area contributed by atoms with Gasteiger partial charge in [-0.15, -0.1) is 0 Å². The first-order chi connectivity index (χ1) is 10.2. The minimum absolute atomic E-state index is 0.0989. The summed E-state index contributed by atoms with van der Waals surface area (Å²) < 4.78 is 10.1. The second kappa shape index (κ2) is 10.8. The first-order valence-electron chi connectivity index (χ1n) is 7.05. The molecule has 0 amide bonds. The second-order valence-electron chi connectivity index (χ2n) is 4.65. The molecule has 6 heteroatoms. The molecule has 21 heavy (non-hydrogen) atoms. The number of hydrogen-bond acceptors (Lipinski definition) is 5. The number of aliphatic hydroxyl groups is 1. The lowest BCUT2D eigenvalue weighted by molar-refractivity contribution is 0.199. The van der Waals surface area contributed by atoms with Crippen LogP contribution in [0.4, 0.5) is 5.69 Å². The van der Waals surface area contributed by atoms with Crippen LogP contribution in [-0.4, -0.2) is 58.8 Å². The van der Waals surface area contributed by atoms with Gasteiger partial charge in [-0.25, -0.2) is 0 Å². The highest BCUT2D eigenvalue weighted by atomic mass is 35.5. The minimum Gasteiger partial charge on any atom is -0.395 e. The van der Waals surface area contributed by atoms with E-state index in [0.29, 0.717) is 26.3 Å². The van der Waals surface area contributed by atoms with E-state index in [1.54, 1.807) is 14.2 Å². The second-order valence-corrected chi connectivity index (χ2v) is 5.06. The fourth-order valence-corrected chi connectivity index (χ4v) is 2.21. The van der Waals surface area contributed by atoms with Gasteiger partial charge in [0.05, 0.1) is 19.8 Å². The van der Waals surface area contributed by atoms with Crippen molar-refractivity contribution in [3.05, 3.63) is 28.8 Å². The molecule has 0 radical (unpaired) electrons. The number of rotatable bonds is 11. The van der Waals surface area contributed by atoms with Crippen LogP contribution >= 0.6 is 11.6 Å². The highest BCUT2D eigenvalue weighted by Crippen LogP contribution is 2.23. The third-order valence-electron chi connectivity index (χ3n) is 3.14. The van der Waals surface area contributed by atoms with Crippen molar-refractivity contribution in [1.29, 1.82) is 0 Å². The summed E-state index contributed by atoms with van der Waals surface area (Å²) in [5.74, 6) is 0. The van der Waals surface area contributed by atoms with Gasteiger partial charge in [0.15, 0.2) is 0 Å². The standard InChI is InChI=1S/C15H25ClN2O3/c1-20-9-5-17-12-13-3-4-14(11-15(13)16)18(6-8-19)7-10-21-2/h3-4,11,17,19H,5-10,12H2,1-2H3. The van der Waals surface area contributed by atoms with E-state index in [1.807, 2.05) is 18.2 Å². The van der Waals surface area contributed by atoms with Crippen molar-refractivity contribution in [3.63, 3.8) is 0 Å². The molecule has 1 aromatic rings. The van der Waals surface area contributed by atoms with E-state index >= 15 is 0 Å². The van der Waals surface area contributed by atoms with Gasteiger partial charge in [-0.2, -0.15) is 0 Å². The monoisotopic (exact) mass is 316 g/mol. The molecule has 2 N–H and O–H groups in total. The van der Waals surface area contributed by atoms with Gasteiger partial charge in [0.2, 0.25) is 0 Å². The summed E-state index contributed by atoms with van der Waals surface area (Å²) in [6, 6.07) is 5.96. The average Bonchev–Trinajstić information content (AvgIpc) is 2.49. The quantitative estimate of drug-likeness (QED) is 0.606. The van der Waals surface area contributed by atoms with Crippen LogP contribution in [0.5, 0.6) is 0 Å². The van der Waals surface area contributed by atoms with E-state index in [-0.39, 0.29) is 6.61 Å². The lowest BCUT2D eigenvalue weighted by Gasteiger charge is -2.24. The summed E-state index contributed by atoms with van der Waals surface area (Å²) in [5.41, 5.74) is 2.04. The molecule has 5 nitrogen and oxygen atoms in total. The fourth-order valence-electron chi connectivity index (χ4n) is 1.97. The van der Waals surface area contributed by atoms with Gasteiger partial charge in [-0.05, 0) is 17.7 Å². The van der Waals surface area contributed by atoms with Crippen LogP contribution < -0.4 is 10.2 Å². The van der Waals surface area contributed by atoms with Gasteiger partial charge in [-0.3, -0.25) is 0 Å². The lowest BCUT2D eigenvalue weighted by Crippen LogP contribution is -2.30. The van der Waals surface area contributed by atoms with Crippen LogP contribution in [0, 0.1) is 0 Å². The van der Waals surface area contributed by atoms with Gasteiger partial charge in [0.1, 0.15) is 0 Å². The Morgan fingerprint density at radius 2 is 1.95 bits per heavy atom. The largest absolute Gasteiger partial charge is 0.395 e. The summed E-state index contributed by atoms with van der Waals surface area (Å²) in [6.45, 7) is 4.17. The molecule has 0 bridgehead atoms. The number of nitrogens with zero attached hydrogens (tertiary/aromatic N) is 1. The number of anilines is 1. The molecule has 0 saturated carbocycles. The van der Waals surface area contributed by atoms with E-state index in [4.69, 9.17) is 26.2 Å². The van der Waals surface area contributed by atoms with E-state index in [2.05, 4.69) is 10.2 Å². The Bertz CT molecular complexity index is 405. The van der Waals surface area contributed by atoms with Crippen molar-refractivity contribution in [2.75, 3.05) is 58.6 Å². The Labute approximate surface area is 131 Å². The SMILES string of the molecule is COCCNCc1ccc(N(CCO)CCOC)cc1Cl. The lowest BCUT2D eigenvalue weighted by atomic mass is 10.2. The van der Waals surface area contributed by atoms with Crippen LogP contribution in [0.3, 0.4) is 0 Å². The van der Waals surface area contributed by atoms with Gasteiger partial charge < -0.3 is 24.8 Å². The van der Waals surface area contributed by atoms with E-state index < -0.39 is 0 Å². The van der Waals surface area contributed by atoms with Crippen LogP contribution in [0.15, 0.2) is 18.2 Å². The Balaban J connectivity index is 2.65. The molecule has 0 atom stereocenters. The molecule has 1 rings (SSSR count). The normalized spacial score (nSPS) is 10.9. The zero-order valence-corrected chi connectivity index (χ0v) is 13.5. The predicted molar refractivity (Wildman–Crippen MR) is 86.2 cm³/mol. The van der Waals surface area contributed by atoms with Crippen LogP contribution in [0.25, 0.3) is 0 Å². The highest BCUT2D eigenvalue weighted by molar-refractivity contribution is 6.31. The van der Waals surface area contributed by atoms with Crippen molar-refractivity contribution in [3.8, 4) is 0 Å². The minimum atomic E-state index is 0.0989. The third kappa shape index (κ3) is 6.63. The molecule has 0 saturated heterocycles. The molecule has 0 aromatic heterocycles. The Kier molecular flexibility index (Phi) is 9.37. The Hall–Kier alpha value is -0.850. The smallest absolute Gasteiger partial charge is 0.0637 e. The van der Waals surface area contributed by atoms with Crippen molar-refractivity contribution in [1.82, 2.24) is 5.32 Å². The summed E-state index contributed by atoms with van der Waals surface area (Å²) in [7, 11) is 3.35. The van der Waals surface area contributed by atoms with Crippen molar-refractivity contribution >= 4 is 17.3 Å². The maximum Gasteiger partial charge on any atom is 0.0637 e. The number of methoxy groups -OCH3 is 2. The molecule has 0 aliphatic carbocycles. The molecular formula is C15H25ClN2O3. The molecule has 120 valence electrons. The molecule has 0 spiro atoms. The predicted octanol–water partition coefficient (Wildman–Crippen LogP) is 1.52. The maximum absolute atomic E-state index is 9.15. The zero-order chi connectivity index (χ0) is 15.5. The molecule has 0 unspecified atom stereocenters. The first kappa shape index (κ1) is 18.2. The molecule has 0 heterocycles. The Morgan fingerprint density at radius 3 is 2.57 bits per heavy atom. The summed E-state index contributed by atoms with van der Waals surface area (Å²) in [4.78, 5) is 2.05. The number of halogens is 1. The molecule has 0 aliphatic rings. The van der Waals surface area contributed by atoms with E-state index in [1.165, 1.54) is 0 Å². The zero-order valence-electron chi connectivity index (χ0n) is 12.8. The van der Waals surface area contributed by atoms with Crippen molar-refractivity contribution in [2.24, 2.45) is 0 Å². The van der Waals surface area contributed by atoms with Crippen LogP contribution in [0.1, 0.15) is 5.56 Å². The van der Waals surface area contributed by atoms with Gasteiger partial charge in [-0.1, -0.05) is 17.7 Å². The van der Waals surface area contributed by atoms with E-state index in [9.17, 15) is 0 Å². The average molecular weight is 317 g/mol. The maximum atomic E-state index is 9.15. The molecular weight excluding hydrogens is 292 g/mol. The number of benzene rings is 1. The number of aliphatic hydroxyl groups excluding tert-OH is 1. The van der Waals surface area contributed by atoms with Crippen molar-refractivity contribution in [2.45, 2.75) is 6.54 Å². The molecule has 0 aliphatic heterocycles. The topological polar surface area (TPSA) is 54.0 Å². The Morgan fingerprint density at radius 1 is 1.19 bits per heavy atom. The summed E-state index contributed by atoms with van der Waals surface area (Å²) >= 11 is 6.33. The molecule has 1 aromatic carbocycles. The van der Waals surface area contributed by atoms with Crippen molar-refractivity contribution < 1.29 is 14.6 Å².